The molecule has 1 N–H and O–H groups in total. The first-order valence-corrected chi connectivity index (χ1v) is 7.99. The molecule has 106 valence electrons. The van der Waals surface area contributed by atoms with Crippen LogP contribution in [0.1, 0.15) is 44.6 Å². The van der Waals surface area contributed by atoms with Gasteiger partial charge in [0.05, 0.1) is 16.1 Å². The molecule has 0 spiro atoms. The highest BCUT2D eigenvalue weighted by atomic mass is 35.5. The first kappa shape index (κ1) is 15.2. The average molecular weight is 301 g/mol. The summed E-state index contributed by atoms with van der Waals surface area (Å²) in [7, 11) is 0. The van der Waals surface area contributed by atoms with Gasteiger partial charge in [0.2, 0.25) is 0 Å². The molecule has 1 saturated carbocycles. The molecule has 0 bridgehead atoms. The fraction of sp³-hybridized carbons (Fsp3) is 0.625. The van der Waals surface area contributed by atoms with E-state index in [1.165, 1.54) is 25.7 Å². The fourth-order valence-corrected chi connectivity index (χ4v) is 3.63. The highest BCUT2D eigenvalue weighted by Gasteiger charge is 2.29. The maximum Gasteiger partial charge on any atom is 0.0611 e. The molecule has 3 heteroatoms. The Morgan fingerprint density at radius 3 is 2.63 bits per heavy atom. The molecule has 19 heavy (non-hydrogen) atoms. The van der Waals surface area contributed by atoms with Crippen molar-refractivity contribution in [1.29, 1.82) is 0 Å². The lowest BCUT2D eigenvalue weighted by molar-refractivity contribution is 0.0464. The molecule has 2 rings (SSSR count). The molecule has 3 atom stereocenters. The highest BCUT2D eigenvalue weighted by Crippen LogP contribution is 2.35. The minimum absolute atomic E-state index is 0.262. The van der Waals surface area contributed by atoms with Gasteiger partial charge in [-0.15, -0.1) is 0 Å². The maximum atomic E-state index is 10.5. The minimum Gasteiger partial charge on any atom is -0.392 e. The number of hydrogen-bond donors (Lipinski definition) is 1. The van der Waals surface area contributed by atoms with Gasteiger partial charge >= 0.3 is 0 Å². The van der Waals surface area contributed by atoms with Crippen molar-refractivity contribution in [2.45, 2.75) is 51.6 Å². The van der Waals surface area contributed by atoms with E-state index in [4.69, 9.17) is 23.2 Å². The van der Waals surface area contributed by atoms with Gasteiger partial charge in [-0.25, -0.2) is 0 Å². The summed E-state index contributed by atoms with van der Waals surface area (Å²) in [6.45, 7) is 2.23. The topological polar surface area (TPSA) is 20.2 Å². The summed E-state index contributed by atoms with van der Waals surface area (Å²) >= 11 is 11.9. The largest absolute Gasteiger partial charge is 0.392 e. The third kappa shape index (κ3) is 3.87. The second kappa shape index (κ2) is 6.97. The Kier molecular flexibility index (Phi) is 5.56. The van der Waals surface area contributed by atoms with Crippen LogP contribution in [0, 0.1) is 11.8 Å². The van der Waals surface area contributed by atoms with Crippen LogP contribution in [0.4, 0.5) is 0 Å². The van der Waals surface area contributed by atoms with Crippen molar-refractivity contribution in [3.8, 4) is 0 Å². The van der Waals surface area contributed by atoms with Crippen LogP contribution in [0.5, 0.6) is 0 Å². The molecule has 0 radical (unpaired) electrons. The van der Waals surface area contributed by atoms with Crippen molar-refractivity contribution in [2.24, 2.45) is 11.8 Å². The molecular weight excluding hydrogens is 279 g/mol. The summed E-state index contributed by atoms with van der Waals surface area (Å²) in [6, 6.07) is 5.64. The van der Waals surface area contributed by atoms with E-state index in [0.717, 1.165) is 12.0 Å². The summed E-state index contributed by atoms with van der Waals surface area (Å²) in [6.07, 6.45) is 6.57. The molecule has 1 nitrogen and oxygen atoms in total. The van der Waals surface area contributed by atoms with Crippen LogP contribution in [-0.2, 0) is 6.42 Å². The van der Waals surface area contributed by atoms with E-state index in [1.807, 2.05) is 18.2 Å². The third-order valence-electron chi connectivity index (χ3n) is 4.42. The number of benzene rings is 1. The van der Waals surface area contributed by atoms with Crippen LogP contribution >= 0.6 is 23.2 Å². The monoisotopic (exact) mass is 300 g/mol. The molecule has 0 heterocycles. The Labute approximate surface area is 125 Å². The lowest BCUT2D eigenvalue weighted by Crippen LogP contribution is -2.32. The molecule has 0 saturated heterocycles. The number of aliphatic hydroxyl groups is 1. The van der Waals surface area contributed by atoms with E-state index in [2.05, 4.69) is 6.92 Å². The van der Waals surface area contributed by atoms with Gasteiger partial charge in [0.1, 0.15) is 0 Å². The summed E-state index contributed by atoms with van der Waals surface area (Å²) in [4.78, 5) is 0. The van der Waals surface area contributed by atoms with E-state index >= 15 is 0 Å². The van der Waals surface area contributed by atoms with E-state index in [0.29, 0.717) is 28.3 Å². The van der Waals surface area contributed by atoms with Gasteiger partial charge in [0.25, 0.3) is 0 Å². The lowest BCUT2D eigenvalue weighted by atomic mass is 9.74. The summed E-state index contributed by atoms with van der Waals surface area (Å²) in [5, 5.41) is 11.7. The van der Waals surface area contributed by atoms with Crippen molar-refractivity contribution in [2.75, 3.05) is 0 Å². The summed E-state index contributed by atoms with van der Waals surface area (Å²) in [5.41, 5.74) is 1.07. The van der Waals surface area contributed by atoms with Crippen LogP contribution in [0.2, 0.25) is 10.0 Å². The van der Waals surface area contributed by atoms with Crippen LogP contribution in [0.15, 0.2) is 18.2 Å². The molecule has 1 aromatic rings. The third-order valence-corrected chi connectivity index (χ3v) is 5.15. The molecule has 0 aliphatic heterocycles. The van der Waals surface area contributed by atoms with Crippen molar-refractivity contribution >= 4 is 23.2 Å². The second-order valence-electron chi connectivity index (χ2n) is 5.64. The van der Waals surface area contributed by atoms with Crippen molar-refractivity contribution in [1.82, 2.24) is 0 Å². The summed E-state index contributed by atoms with van der Waals surface area (Å²) in [5.74, 6) is 1.11. The Bertz CT molecular complexity index is 419. The van der Waals surface area contributed by atoms with Gasteiger partial charge in [0.15, 0.2) is 0 Å². The predicted octanol–water partition coefficient (Wildman–Crippen LogP) is 5.11. The first-order chi connectivity index (χ1) is 9.11. The van der Waals surface area contributed by atoms with Crippen LogP contribution < -0.4 is 0 Å². The van der Waals surface area contributed by atoms with Gasteiger partial charge in [-0.1, -0.05) is 61.9 Å². The zero-order valence-corrected chi connectivity index (χ0v) is 12.9. The van der Waals surface area contributed by atoms with Gasteiger partial charge in [0, 0.05) is 0 Å². The molecular formula is C16H22Cl2O. The van der Waals surface area contributed by atoms with Crippen molar-refractivity contribution < 1.29 is 5.11 Å². The van der Waals surface area contributed by atoms with E-state index in [9.17, 15) is 5.11 Å². The fourth-order valence-electron chi connectivity index (χ4n) is 3.31. The average Bonchev–Trinajstić information content (AvgIpc) is 2.43. The SMILES string of the molecule is CCC1CCCCC1C(O)Cc1ccc(Cl)c(Cl)c1. The Morgan fingerprint density at radius 2 is 1.95 bits per heavy atom. The highest BCUT2D eigenvalue weighted by molar-refractivity contribution is 6.42. The zero-order valence-electron chi connectivity index (χ0n) is 11.4. The Balaban J connectivity index is 2.02. The van der Waals surface area contributed by atoms with Gasteiger partial charge in [-0.05, 0) is 42.4 Å². The van der Waals surface area contributed by atoms with E-state index in [1.54, 1.807) is 0 Å². The predicted molar refractivity (Wildman–Crippen MR) is 81.9 cm³/mol. The molecule has 1 aromatic carbocycles. The standard InChI is InChI=1S/C16H22Cl2O/c1-2-12-5-3-4-6-13(12)16(19)10-11-7-8-14(17)15(18)9-11/h7-9,12-13,16,19H,2-6,10H2,1H3. The normalized spacial score (nSPS) is 25.3. The van der Waals surface area contributed by atoms with Crippen molar-refractivity contribution in [3.63, 3.8) is 0 Å². The minimum atomic E-state index is -0.262. The van der Waals surface area contributed by atoms with E-state index in [-0.39, 0.29) is 6.10 Å². The summed E-state index contributed by atoms with van der Waals surface area (Å²) < 4.78 is 0. The Hall–Kier alpha value is -0.240. The number of hydrogen-bond acceptors (Lipinski definition) is 1. The molecule has 1 aliphatic rings. The van der Waals surface area contributed by atoms with Gasteiger partial charge < -0.3 is 5.11 Å². The molecule has 0 aromatic heterocycles. The number of aliphatic hydroxyl groups excluding tert-OH is 1. The molecule has 3 unspecified atom stereocenters. The van der Waals surface area contributed by atoms with Gasteiger partial charge in [-0.2, -0.15) is 0 Å². The zero-order chi connectivity index (χ0) is 13.8. The molecule has 1 fully saturated rings. The lowest BCUT2D eigenvalue weighted by Gasteiger charge is -2.34. The van der Waals surface area contributed by atoms with Crippen molar-refractivity contribution in [3.05, 3.63) is 33.8 Å². The van der Waals surface area contributed by atoms with Crippen LogP contribution in [0.25, 0.3) is 0 Å². The maximum absolute atomic E-state index is 10.5. The Morgan fingerprint density at radius 1 is 1.21 bits per heavy atom. The molecule has 1 aliphatic carbocycles. The number of halogens is 2. The smallest absolute Gasteiger partial charge is 0.0611 e. The first-order valence-electron chi connectivity index (χ1n) is 7.23. The van der Waals surface area contributed by atoms with Gasteiger partial charge in [-0.3, -0.25) is 0 Å². The number of rotatable bonds is 4. The van der Waals surface area contributed by atoms with Crippen LogP contribution in [0.3, 0.4) is 0 Å². The van der Waals surface area contributed by atoms with Crippen LogP contribution in [-0.4, -0.2) is 11.2 Å². The quantitative estimate of drug-likeness (QED) is 0.819. The van der Waals surface area contributed by atoms with E-state index < -0.39 is 0 Å². The second-order valence-corrected chi connectivity index (χ2v) is 6.45. The molecule has 0 amide bonds.